The molecular formula is C25H25NO4. The molecule has 1 heterocycles. The Morgan fingerprint density at radius 3 is 2.23 bits per heavy atom. The molecule has 0 N–H and O–H groups in total. The molecule has 0 aromatic heterocycles. The zero-order valence-corrected chi connectivity index (χ0v) is 17.2. The van der Waals surface area contributed by atoms with Crippen LogP contribution < -0.4 is 14.2 Å². The third-order valence-corrected chi connectivity index (χ3v) is 5.41. The lowest BCUT2D eigenvalue weighted by molar-refractivity contribution is -0.135. The van der Waals surface area contributed by atoms with Crippen LogP contribution in [0.5, 0.6) is 17.2 Å². The zero-order valence-electron chi connectivity index (χ0n) is 17.2. The Morgan fingerprint density at radius 1 is 0.933 bits per heavy atom. The van der Waals surface area contributed by atoms with Gasteiger partial charge in [-0.2, -0.15) is 0 Å². The number of hydrogen-bond donors (Lipinski definition) is 0. The molecule has 5 nitrogen and oxygen atoms in total. The molecule has 0 bridgehead atoms. The molecule has 1 aliphatic heterocycles. The van der Waals surface area contributed by atoms with Crippen LogP contribution in [0, 0.1) is 0 Å². The first-order valence-corrected chi connectivity index (χ1v) is 9.98. The molecule has 0 saturated carbocycles. The van der Waals surface area contributed by atoms with E-state index in [0.717, 1.165) is 23.1 Å². The van der Waals surface area contributed by atoms with Gasteiger partial charge in [0.1, 0.15) is 5.75 Å². The summed E-state index contributed by atoms with van der Waals surface area (Å²) in [4.78, 5) is 15.1. The van der Waals surface area contributed by atoms with Gasteiger partial charge in [0.15, 0.2) is 18.1 Å². The van der Waals surface area contributed by atoms with Crippen molar-refractivity contribution in [3.05, 3.63) is 89.5 Å². The van der Waals surface area contributed by atoms with Crippen LogP contribution in [0.4, 0.5) is 0 Å². The number of hydrogen-bond acceptors (Lipinski definition) is 4. The third kappa shape index (κ3) is 3.96. The number of rotatable bonds is 6. The highest BCUT2D eigenvalue weighted by atomic mass is 16.5. The van der Waals surface area contributed by atoms with Crippen molar-refractivity contribution < 1.29 is 19.0 Å². The van der Waals surface area contributed by atoms with E-state index in [9.17, 15) is 4.79 Å². The number of nitrogens with zero attached hydrogens (tertiary/aromatic N) is 1. The van der Waals surface area contributed by atoms with Crippen LogP contribution in [-0.2, 0) is 11.2 Å². The van der Waals surface area contributed by atoms with Crippen LogP contribution in [0.25, 0.3) is 0 Å². The van der Waals surface area contributed by atoms with Gasteiger partial charge < -0.3 is 19.1 Å². The number of ether oxygens (including phenoxy) is 3. The first-order chi connectivity index (χ1) is 14.7. The summed E-state index contributed by atoms with van der Waals surface area (Å²) in [6.07, 6.45) is 0.746. The maximum absolute atomic E-state index is 13.2. The molecule has 3 aromatic carbocycles. The fourth-order valence-electron chi connectivity index (χ4n) is 3.95. The Balaban J connectivity index is 1.68. The minimum atomic E-state index is -0.207. The second kappa shape index (κ2) is 8.91. The fraction of sp³-hybridized carbons (Fsp3) is 0.240. The average Bonchev–Trinajstić information content (AvgIpc) is 2.82. The van der Waals surface area contributed by atoms with Crippen molar-refractivity contribution in [2.75, 3.05) is 27.4 Å². The molecule has 0 fully saturated rings. The summed E-state index contributed by atoms with van der Waals surface area (Å²) in [5, 5.41) is 0. The Labute approximate surface area is 176 Å². The molecular weight excluding hydrogens is 378 g/mol. The number of carbonyl (C=O) groups is 1. The first kappa shape index (κ1) is 19.8. The van der Waals surface area contributed by atoms with Crippen LogP contribution >= 0.6 is 0 Å². The van der Waals surface area contributed by atoms with Crippen molar-refractivity contribution in [2.24, 2.45) is 0 Å². The van der Waals surface area contributed by atoms with Crippen molar-refractivity contribution in [3.63, 3.8) is 0 Å². The van der Waals surface area contributed by atoms with Gasteiger partial charge in [0, 0.05) is 6.54 Å². The molecule has 1 aliphatic rings. The summed E-state index contributed by atoms with van der Waals surface area (Å²) in [5.41, 5.74) is 3.27. The van der Waals surface area contributed by atoms with E-state index in [-0.39, 0.29) is 18.6 Å². The van der Waals surface area contributed by atoms with Crippen LogP contribution in [-0.4, -0.2) is 38.2 Å². The van der Waals surface area contributed by atoms with Gasteiger partial charge in [-0.1, -0.05) is 48.5 Å². The van der Waals surface area contributed by atoms with Crippen LogP contribution in [0.1, 0.15) is 22.7 Å². The number of para-hydroxylation sites is 1. The van der Waals surface area contributed by atoms with Gasteiger partial charge in [-0.05, 0) is 47.4 Å². The maximum atomic E-state index is 13.2. The number of carbonyl (C=O) groups excluding carboxylic acids is 1. The number of benzene rings is 3. The minimum absolute atomic E-state index is 0.00400. The van der Waals surface area contributed by atoms with Crippen LogP contribution in [0.3, 0.4) is 0 Å². The molecule has 1 unspecified atom stereocenters. The summed E-state index contributed by atoms with van der Waals surface area (Å²) in [6.45, 7) is 0.606. The quantitative estimate of drug-likeness (QED) is 0.617. The van der Waals surface area contributed by atoms with Crippen LogP contribution in [0.2, 0.25) is 0 Å². The van der Waals surface area contributed by atoms with E-state index in [1.807, 2.05) is 65.6 Å². The van der Waals surface area contributed by atoms with Crippen molar-refractivity contribution in [2.45, 2.75) is 12.5 Å². The second-order valence-electron chi connectivity index (χ2n) is 7.16. The lowest BCUT2D eigenvalue weighted by Gasteiger charge is -2.38. The summed E-state index contributed by atoms with van der Waals surface area (Å²) in [6, 6.07) is 23.3. The Hall–Kier alpha value is -3.47. The van der Waals surface area contributed by atoms with Crippen molar-refractivity contribution >= 4 is 5.91 Å². The van der Waals surface area contributed by atoms with Gasteiger partial charge >= 0.3 is 0 Å². The first-order valence-electron chi connectivity index (χ1n) is 9.98. The molecule has 0 aliphatic carbocycles. The smallest absolute Gasteiger partial charge is 0.261 e. The van der Waals surface area contributed by atoms with E-state index in [1.54, 1.807) is 14.2 Å². The molecule has 0 radical (unpaired) electrons. The highest BCUT2D eigenvalue weighted by Gasteiger charge is 2.33. The Kier molecular flexibility index (Phi) is 5.89. The third-order valence-electron chi connectivity index (χ3n) is 5.41. The average molecular weight is 403 g/mol. The van der Waals surface area contributed by atoms with Gasteiger partial charge in [-0.15, -0.1) is 0 Å². The number of fused-ring (bicyclic) bond motifs is 1. The van der Waals surface area contributed by atoms with E-state index in [1.165, 1.54) is 0 Å². The summed E-state index contributed by atoms with van der Waals surface area (Å²) in [5.74, 6) is 2.00. The van der Waals surface area contributed by atoms with E-state index in [2.05, 4.69) is 12.1 Å². The van der Waals surface area contributed by atoms with Crippen molar-refractivity contribution in [1.29, 1.82) is 0 Å². The monoisotopic (exact) mass is 403 g/mol. The predicted molar refractivity (Wildman–Crippen MR) is 115 cm³/mol. The second-order valence-corrected chi connectivity index (χ2v) is 7.16. The molecule has 5 heteroatoms. The molecule has 3 aromatic rings. The van der Waals surface area contributed by atoms with Crippen molar-refractivity contribution in [3.8, 4) is 17.2 Å². The number of methoxy groups -OCH3 is 2. The highest BCUT2D eigenvalue weighted by Crippen LogP contribution is 2.41. The molecule has 0 spiro atoms. The van der Waals surface area contributed by atoms with E-state index >= 15 is 0 Å². The molecule has 1 atom stereocenters. The Morgan fingerprint density at radius 2 is 1.57 bits per heavy atom. The molecule has 1 amide bonds. The van der Waals surface area contributed by atoms with Crippen molar-refractivity contribution in [1.82, 2.24) is 4.90 Å². The SMILES string of the molecule is COc1cc2c(cc1OC)C(c1ccccc1)N(C(=O)COc1ccccc1)CC2. The standard InChI is InChI=1S/C25H25NO4/c1-28-22-15-19-13-14-26(24(27)17-30-20-11-7-4-8-12-20)25(18-9-5-3-6-10-18)21(19)16-23(22)29-2/h3-12,15-16,25H,13-14,17H2,1-2H3. The number of amides is 1. The van der Waals surface area contributed by atoms with E-state index in [0.29, 0.717) is 23.8 Å². The Bertz CT molecular complexity index is 1000. The minimum Gasteiger partial charge on any atom is -0.493 e. The maximum Gasteiger partial charge on any atom is 0.261 e. The van der Waals surface area contributed by atoms with Gasteiger partial charge in [0.25, 0.3) is 5.91 Å². The molecule has 154 valence electrons. The highest BCUT2D eigenvalue weighted by molar-refractivity contribution is 5.79. The van der Waals surface area contributed by atoms with Gasteiger partial charge in [-0.3, -0.25) is 4.79 Å². The zero-order chi connectivity index (χ0) is 20.9. The summed E-state index contributed by atoms with van der Waals surface area (Å²) < 4.78 is 16.8. The lowest BCUT2D eigenvalue weighted by atomic mass is 9.87. The van der Waals surface area contributed by atoms with Crippen LogP contribution in [0.15, 0.2) is 72.8 Å². The lowest BCUT2D eigenvalue weighted by Crippen LogP contribution is -2.43. The summed E-state index contributed by atoms with van der Waals surface area (Å²) in [7, 11) is 3.26. The van der Waals surface area contributed by atoms with Gasteiger partial charge in [0.2, 0.25) is 0 Å². The van der Waals surface area contributed by atoms with Gasteiger partial charge in [0.05, 0.1) is 20.3 Å². The largest absolute Gasteiger partial charge is 0.493 e. The topological polar surface area (TPSA) is 48.0 Å². The molecule has 4 rings (SSSR count). The fourth-order valence-corrected chi connectivity index (χ4v) is 3.95. The summed E-state index contributed by atoms with van der Waals surface area (Å²) >= 11 is 0. The predicted octanol–water partition coefficient (Wildman–Crippen LogP) is 4.26. The van der Waals surface area contributed by atoms with E-state index in [4.69, 9.17) is 14.2 Å². The molecule has 0 saturated heterocycles. The van der Waals surface area contributed by atoms with E-state index < -0.39 is 0 Å². The van der Waals surface area contributed by atoms with Gasteiger partial charge in [-0.25, -0.2) is 0 Å². The molecule has 30 heavy (non-hydrogen) atoms. The normalized spacial score (nSPS) is 15.3.